The van der Waals surface area contributed by atoms with Crippen LogP contribution in [0.3, 0.4) is 0 Å². The van der Waals surface area contributed by atoms with Crippen molar-refractivity contribution in [3.63, 3.8) is 0 Å². The van der Waals surface area contributed by atoms with E-state index in [-0.39, 0.29) is 11.9 Å². The Morgan fingerprint density at radius 1 is 1.00 bits per heavy atom. The van der Waals surface area contributed by atoms with Gasteiger partial charge in [-0.3, -0.25) is 4.79 Å². The number of amides is 1. The van der Waals surface area contributed by atoms with Gasteiger partial charge in [0, 0.05) is 19.1 Å². The van der Waals surface area contributed by atoms with E-state index < -0.39 is 5.97 Å². The van der Waals surface area contributed by atoms with Crippen LogP contribution in [0.5, 0.6) is 0 Å². The molecule has 0 unspecified atom stereocenters. The van der Waals surface area contributed by atoms with Crippen LogP contribution >= 0.6 is 0 Å². The minimum absolute atomic E-state index is 0.0376. The normalized spacial score (nSPS) is 15.0. The van der Waals surface area contributed by atoms with Gasteiger partial charge in [-0.2, -0.15) is 0 Å². The Morgan fingerprint density at radius 2 is 1.64 bits per heavy atom. The molecule has 0 aromatic heterocycles. The van der Waals surface area contributed by atoms with Crippen LogP contribution in [-0.4, -0.2) is 36.1 Å². The summed E-state index contributed by atoms with van der Waals surface area (Å²) in [6.45, 7) is 1.47. The monoisotopic (exact) mass is 338 g/mol. The van der Waals surface area contributed by atoms with E-state index in [1.807, 2.05) is 42.5 Å². The van der Waals surface area contributed by atoms with E-state index in [4.69, 9.17) is 0 Å². The Labute approximate surface area is 147 Å². The SMILES string of the molecule is O=C(Cc1ccccc1)NC1CCN(c2ccccc2C(=O)O)CC1. The maximum absolute atomic E-state index is 12.2. The van der Waals surface area contributed by atoms with Crippen molar-refractivity contribution in [2.45, 2.75) is 25.3 Å². The first-order chi connectivity index (χ1) is 12.1. The zero-order valence-electron chi connectivity index (χ0n) is 14.0. The van der Waals surface area contributed by atoms with Gasteiger partial charge < -0.3 is 15.3 Å². The summed E-state index contributed by atoms with van der Waals surface area (Å²) in [4.78, 5) is 25.6. The first-order valence-corrected chi connectivity index (χ1v) is 8.54. The van der Waals surface area contributed by atoms with E-state index in [9.17, 15) is 14.7 Å². The summed E-state index contributed by atoms with van der Waals surface area (Å²) in [6, 6.07) is 16.9. The van der Waals surface area contributed by atoms with Crippen LogP contribution in [0, 0.1) is 0 Å². The topological polar surface area (TPSA) is 69.6 Å². The molecule has 1 aliphatic rings. The molecule has 1 amide bonds. The van der Waals surface area contributed by atoms with Gasteiger partial charge >= 0.3 is 5.97 Å². The summed E-state index contributed by atoms with van der Waals surface area (Å²) >= 11 is 0. The molecular weight excluding hydrogens is 316 g/mol. The Bertz CT molecular complexity index is 738. The number of hydrogen-bond donors (Lipinski definition) is 2. The van der Waals surface area contributed by atoms with Gasteiger partial charge in [0.15, 0.2) is 0 Å². The molecule has 2 aromatic rings. The number of nitrogens with zero attached hydrogens (tertiary/aromatic N) is 1. The van der Waals surface area contributed by atoms with Gasteiger partial charge in [-0.1, -0.05) is 42.5 Å². The van der Waals surface area contributed by atoms with E-state index in [1.54, 1.807) is 12.1 Å². The van der Waals surface area contributed by atoms with Crippen LogP contribution in [-0.2, 0) is 11.2 Å². The third kappa shape index (κ3) is 4.38. The molecule has 5 heteroatoms. The molecule has 0 spiro atoms. The van der Waals surface area contributed by atoms with E-state index in [0.29, 0.717) is 12.0 Å². The number of piperidine rings is 1. The molecule has 0 saturated carbocycles. The van der Waals surface area contributed by atoms with Gasteiger partial charge in [-0.05, 0) is 30.5 Å². The Morgan fingerprint density at radius 3 is 2.32 bits per heavy atom. The van der Waals surface area contributed by atoms with Crippen molar-refractivity contribution in [2.24, 2.45) is 0 Å². The molecule has 130 valence electrons. The van der Waals surface area contributed by atoms with Crippen molar-refractivity contribution in [3.05, 3.63) is 65.7 Å². The van der Waals surface area contributed by atoms with Gasteiger partial charge in [0.2, 0.25) is 5.91 Å². The highest BCUT2D eigenvalue weighted by molar-refractivity contribution is 5.94. The van der Waals surface area contributed by atoms with Crippen LogP contribution in [0.1, 0.15) is 28.8 Å². The second-order valence-electron chi connectivity index (χ2n) is 6.31. The van der Waals surface area contributed by atoms with Crippen LogP contribution in [0.2, 0.25) is 0 Å². The van der Waals surface area contributed by atoms with E-state index >= 15 is 0 Å². The molecule has 3 rings (SSSR count). The fourth-order valence-corrected chi connectivity index (χ4v) is 3.25. The molecular formula is C20H22N2O3. The number of hydrogen-bond acceptors (Lipinski definition) is 3. The lowest BCUT2D eigenvalue weighted by Gasteiger charge is -2.34. The van der Waals surface area contributed by atoms with Crippen molar-refractivity contribution in [1.29, 1.82) is 0 Å². The number of benzene rings is 2. The summed E-state index contributed by atoms with van der Waals surface area (Å²) in [5.74, 6) is -0.871. The van der Waals surface area contributed by atoms with Crippen LogP contribution in [0.25, 0.3) is 0 Å². The van der Waals surface area contributed by atoms with Crippen LogP contribution in [0.15, 0.2) is 54.6 Å². The van der Waals surface area contributed by atoms with E-state index in [1.165, 1.54) is 0 Å². The molecule has 1 saturated heterocycles. The molecule has 0 bridgehead atoms. The number of carbonyl (C=O) groups is 2. The molecule has 0 radical (unpaired) electrons. The number of carboxylic acid groups (broad SMARTS) is 1. The molecule has 1 heterocycles. The third-order valence-corrected chi connectivity index (χ3v) is 4.54. The number of nitrogens with one attached hydrogen (secondary N) is 1. The zero-order valence-corrected chi connectivity index (χ0v) is 14.0. The second kappa shape index (κ2) is 7.83. The first kappa shape index (κ1) is 17.0. The third-order valence-electron chi connectivity index (χ3n) is 4.54. The maximum Gasteiger partial charge on any atom is 0.337 e. The van der Waals surface area contributed by atoms with Crippen molar-refractivity contribution >= 4 is 17.6 Å². The quantitative estimate of drug-likeness (QED) is 0.879. The number of para-hydroxylation sites is 1. The molecule has 0 atom stereocenters. The first-order valence-electron chi connectivity index (χ1n) is 8.54. The Balaban J connectivity index is 1.54. The lowest BCUT2D eigenvalue weighted by atomic mass is 10.0. The Kier molecular flexibility index (Phi) is 5.33. The predicted molar refractivity (Wildman–Crippen MR) is 96.9 cm³/mol. The lowest BCUT2D eigenvalue weighted by Crippen LogP contribution is -2.45. The summed E-state index contributed by atoms with van der Waals surface area (Å²) in [5.41, 5.74) is 2.09. The van der Waals surface area contributed by atoms with E-state index in [2.05, 4.69) is 10.2 Å². The number of carbonyl (C=O) groups excluding carboxylic acids is 1. The average Bonchev–Trinajstić information content (AvgIpc) is 2.63. The molecule has 25 heavy (non-hydrogen) atoms. The van der Waals surface area contributed by atoms with Gasteiger partial charge in [0.05, 0.1) is 17.7 Å². The average molecular weight is 338 g/mol. The highest BCUT2D eigenvalue weighted by atomic mass is 16.4. The number of carboxylic acids is 1. The molecule has 5 nitrogen and oxygen atoms in total. The number of rotatable bonds is 5. The smallest absolute Gasteiger partial charge is 0.337 e. The molecule has 1 fully saturated rings. The summed E-state index contributed by atoms with van der Waals surface area (Å²) in [6.07, 6.45) is 2.02. The minimum atomic E-state index is -0.908. The standard InChI is InChI=1S/C20H22N2O3/c23-19(14-15-6-2-1-3-7-15)21-16-10-12-22(13-11-16)18-9-5-4-8-17(18)20(24)25/h1-9,16H,10-14H2,(H,21,23)(H,24,25). The summed E-state index contributed by atoms with van der Waals surface area (Å²) in [5, 5.41) is 12.4. The molecule has 2 N–H and O–H groups in total. The van der Waals surface area contributed by atoms with Crippen molar-refractivity contribution in [2.75, 3.05) is 18.0 Å². The zero-order chi connectivity index (χ0) is 17.6. The fourth-order valence-electron chi connectivity index (χ4n) is 3.25. The van der Waals surface area contributed by atoms with Crippen LogP contribution < -0.4 is 10.2 Å². The predicted octanol–water partition coefficient (Wildman–Crippen LogP) is 2.71. The van der Waals surface area contributed by atoms with Gasteiger partial charge in [0.25, 0.3) is 0 Å². The van der Waals surface area contributed by atoms with Crippen molar-refractivity contribution < 1.29 is 14.7 Å². The van der Waals surface area contributed by atoms with Crippen molar-refractivity contribution in [3.8, 4) is 0 Å². The van der Waals surface area contributed by atoms with E-state index in [0.717, 1.165) is 37.2 Å². The highest BCUT2D eigenvalue weighted by Gasteiger charge is 2.23. The maximum atomic E-state index is 12.2. The van der Waals surface area contributed by atoms with Gasteiger partial charge in [-0.25, -0.2) is 4.79 Å². The molecule has 1 aliphatic heterocycles. The summed E-state index contributed by atoms with van der Waals surface area (Å²) in [7, 11) is 0. The lowest BCUT2D eigenvalue weighted by molar-refractivity contribution is -0.121. The second-order valence-corrected chi connectivity index (χ2v) is 6.31. The van der Waals surface area contributed by atoms with Gasteiger partial charge in [0.1, 0.15) is 0 Å². The molecule has 2 aromatic carbocycles. The fraction of sp³-hybridized carbons (Fsp3) is 0.300. The number of aromatic carboxylic acids is 1. The van der Waals surface area contributed by atoms with Gasteiger partial charge in [-0.15, -0.1) is 0 Å². The Hall–Kier alpha value is -2.82. The van der Waals surface area contributed by atoms with Crippen molar-refractivity contribution in [1.82, 2.24) is 5.32 Å². The minimum Gasteiger partial charge on any atom is -0.478 e. The summed E-state index contributed by atoms with van der Waals surface area (Å²) < 4.78 is 0. The molecule has 0 aliphatic carbocycles. The number of anilines is 1. The highest BCUT2D eigenvalue weighted by Crippen LogP contribution is 2.24. The van der Waals surface area contributed by atoms with Crippen LogP contribution in [0.4, 0.5) is 5.69 Å². The largest absolute Gasteiger partial charge is 0.478 e.